The molecule has 0 spiro atoms. The van der Waals surface area contributed by atoms with Crippen LogP contribution in [-0.4, -0.2) is 39.6 Å². The number of carbonyl (C=O) groups is 2. The zero-order valence-corrected chi connectivity index (χ0v) is 17.0. The number of aromatic nitrogens is 2. The predicted octanol–water partition coefficient (Wildman–Crippen LogP) is 4.77. The van der Waals surface area contributed by atoms with E-state index in [0.717, 1.165) is 28.0 Å². The van der Waals surface area contributed by atoms with Crippen molar-refractivity contribution in [3.63, 3.8) is 0 Å². The normalized spacial score (nSPS) is 14.1. The summed E-state index contributed by atoms with van der Waals surface area (Å²) in [4.78, 5) is 36.1. The molecule has 31 heavy (non-hydrogen) atoms. The predicted molar refractivity (Wildman–Crippen MR) is 121 cm³/mol. The molecule has 1 fully saturated rings. The molecule has 0 unspecified atom stereocenters. The molecule has 5 rings (SSSR count). The highest BCUT2D eigenvalue weighted by Crippen LogP contribution is 2.31. The van der Waals surface area contributed by atoms with Crippen LogP contribution in [0, 0.1) is 0 Å². The summed E-state index contributed by atoms with van der Waals surface area (Å²) < 4.78 is 0. The van der Waals surface area contributed by atoms with E-state index in [-0.39, 0.29) is 11.7 Å². The van der Waals surface area contributed by atoms with Crippen LogP contribution in [0.3, 0.4) is 0 Å². The smallest absolute Gasteiger partial charge is 0.253 e. The standard InChI is InChI=1S/C26H21N3O2/c30-21-13-15-29(16-14-21)26(31)20-11-12-22-23(17-20)28-25(19-9-5-2-6-10-19)24(27-22)18-7-3-1-4-8-18/h1-12,17H,13-16H2. The Morgan fingerprint density at radius 3 is 1.84 bits per heavy atom. The lowest BCUT2D eigenvalue weighted by atomic mass is 10.0. The van der Waals surface area contributed by atoms with Crippen LogP contribution in [0.4, 0.5) is 0 Å². The quantitative estimate of drug-likeness (QED) is 0.491. The molecule has 0 aliphatic carbocycles. The van der Waals surface area contributed by atoms with Gasteiger partial charge in [0.05, 0.1) is 22.4 Å². The summed E-state index contributed by atoms with van der Waals surface area (Å²) in [5.74, 6) is 0.152. The third kappa shape index (κ3) is 3.82. The van der Waals surface area contributed by atoms with E-state index in [9.17, 15) is 9.59 Å². The first-order valence-electron chi connectivity index (χ1n) is 10.4. The van der Waals surface area contributed by atoms with Crippen molar-refractivity contribution in [1.82, 2.24) is 14.9 Å². The maximum absolute atomic E-state index is 13.0. The van der Waals surface area contributed by atoms with Crippen molar-refractivity contribution in [3.05, 3.63) is 84.4 Å². The van der Waals surface area contributed by atoms with Gasteiger partial charge in [0.2, 0.25) is 0 Å². The summed E-state index contributed by atoms with van der Waals surface area (Å²) in [6.45, 7) is 0.952. The molecule has 152 valence electrons. The van der Waals surface area contributed by atoms with Crippen LogP contribution in [0.25, 0.3) is 33.5 Å². The molecule has 0 radical (unpaired) electrons. The number of fused-ring (bicyclic) bond motifs is 1. The number of amides is 1. The Bertz CT molecular complexity index is 1260. The molecule has 1 amide bonds. The largest absolute Gasteiger partial charge is 0.338 e. The molecule has 0 atom stereocenters. The number of piperidine rings is 1. The summed E-state index contributed by atoms with van der Waals surface area (Å²) in [7, 11) is 0. The molecule has 0 N–H and O–H groups in total. The minimum Gasteiger partial charge on any atom is -0.338 e. The van der Waals surface area contributed by atoms with Gasteiger partial charge in [-0.15, -0.1) is 0 Å². The lowest BCUT2D eigenvalue weighted by Gasteiger charge is -2.26. The number of ketones is 1. The summed E-state index contributed by atoms with van der Waals surface area (Å²) >= 11 is 0. The first kappa shape index (κ1) is 19.1. The molecular weight excluding hydrogens is 386 g/mol. The van der Waals surface area contributed by atoms with Crippen molar-refractivity contribution in [2.24, 2.45) is 0 Å². The van der Waals surface area contributed by atoms with Crippen LogP contribution in [0.1, 0.15) is 23.2 Å². The number of benzene rings is 3. The summed E-state index contributed by atoms with van der Waals surface area (Å²) in [6.07, 6.45) is 0.857. The van der Waals surface area contributed by atoms with Crippen molar-refractivity contribution >= 4 is 22.7 Å². The fourth-order valence-corrected chi connectivity index (χ4v) is 3.92. The number of Topliss-reactive ketones (excluding diaryl/α,β-unsaturated/α-hetero) is 1. The van der Waals surface area contributed by atoms with Crippen LogP contribution in [-0.2, 0) is 4.79 Å². The highest BCUT2D eigenvalue weighted by Gasteiger charge is 2.22. The van der Waals surface area contributed by atoms with E-state index in [2.05, 4.69) is 0 Å². The Morgan fingerprint density at radius 1 is 0.710 bits per heavy atom. The maximum atomic E-state index is 13.0. The number of carbonyl (C=O) groups excluding carboxylic acids is 2. The van der Waals surface area contributed by atoms with Gasteiger partial charge in [0.15, 0.2) is 0 Å². The van der Waals surface area contributed by atoms with Crippen molar-refractivity contribution in [2.45, 2.75) is 12.8 Å². The summed E-state index contributed by atoms with van der Waals surface area (Å²) in [5.41, 5.74) is 5.56. The third-order valence-corrected chi connectivity index (χ3v) is 5.61. The zero-order chi connectivity index (χ0) is 21.2. The average Bonchev–Trinajstić information content (AvgIpc) is 2.84. The number of rotatable bonds is 3. The number of nitrogens with zero attached hydrogens (tertiary/aromatic N) is 3. The fraction of sp³-hybridized carbons (Fsp3) is 0.154. The second-order valence-electron chi connectivity index (χ2n) is 7.69. The molecule has 0 saturated carbocycles. The minimum atomic E-state index is -0.0652. The first-order chi connectivity index (χ1) is 15.2. The van der Waals surface area contributed by atoms with Crippen LogP contribution >= 0.6 is 0 Å². The molecule has 1 saturated heterocycles. The first-order valence-corrected chi connectivity index (χ1v) is 10.4. The van der Waals surface area contributed by atoms with Gasteiger partial charge in [-0.1, -0.05) is 60.7 Å². The minimum absolute atomic E-state index is 0.0652. The van der Waals surface area contributed by atoms with E-state index in [1.165, 1.54) is 0 Å². The van der Waals surface area contributed by atoms with Crippen LogP contribution in [0.5, 0.6) is 0 Å². The number of hydrogen-bond donors (Lipinski definition) is 0. The Balaban J connectivity index is 1.61. The molecule has 5 heteroatoms. The highest BCUT2D eigenvalue weighted by atomic mass is 16.2. The van der Waals surface area contributed by atoms with Gasteiger partial charge in [0, 0.05) is 42.6 Å². The lowest BCUT2D eigenvalue weighted by molar-refractivity contribution is -0.120. The van der Waals surface area contributed by atoms with E-state index in [1.807, 2.05) is 72.8 Å². The van der Waals surface area contributed by atoms with E-state index >= 15 is 0 Å². The topological polar surface area (TPSA) is 63.2 Å². The molecule has 5 nitrogen and oxygen atoms in total. The number of likely N-dealkylation sites (tertiary alicyclic amines) is 1. The van der Waals surface area contributed by atoms with Crippen molar-refractivity contribution in [3.8, 4) is 22.5 Å². The number of hydrogen-bond acceptors (Lipinski definition) is 4. The average molecular weight is 407 g/mol. The van der Waals surface area contributed by atoms with E-state index < -0.39 is 0 Å². The molecule has 4 aromatic rings. The van der Waals surface area contributed by atoms with E-state index in [1.54, 1.807) is 11.0 Å². The molecule has 3 aromatic carbocycles. The van der Waals surface area contributed by atoms with Crippen molar-refractivity contribution < 1.29 is 9.59 Å². The third-order valence-electron chi connectivity index (χ3n) is 5.61. The summed E-state index contributed by atoms with van der Waals surface area (Å²) in [5, 5.41) is 0. The lowest BCUT2D eigenvalue weighted by Crippen LogP contribution is -2.38. The molecule has 1 aromatic heterocycles. The fourth-order valence-electron chi connectivity index (χ4n) is 3.92. The van der Waals surface area contributed by atoms with Gasteiger partial charge in [-0.05, 0) is 18.2 Å². The molecule has 1 aliphatic rings. The van der Waals surface area contributed by atoms with Gasteiger partial charge in [-0.3, -0.25) is 9.59 Å². The van der Waals surface area contributed by atoms with Crippen LogP contribution in [0.2, 0.25) is 0 Å². The van der Waals surface area contributed by atoms with Gasteiger partial charge in [0.25, 0.3) is 5.91 Å². The van der Waals surface area contributed by atoms with Crippen LogP contribution < -0.4 is 0 Å². The molecule has 0 bridgehead atoms. The van der Waals surface area contributed by atoms with Gasteiger partial charge in [0.1, 0.15) is 5.78 Å². The monoisotopic (exact) mass is 407 g/mol. The van der Waals surface area contributed by atoms with Crippen molar-refractivity contribution in [1.29, 1.82) is 0 Å². The molecule has 1 aliphatic heterocycles. The highest BCUT2D eigenvalue weighted by molar-refractivity contribution is 5.99. The second kappa shape index (κ2) is 8.11. The van der Waals surface area contributed by atoms with Gasteiger partial charge >= 0.3 is 0 Å². The van der Waals surface area contributed by atoms with Crippen molar-refractivity contribution in [2.75, 3.05) is 13.1 Å². The SMILES string of the molecule is O=C1CCN(C(=O)c2ccc3nc(-c4ccccc4)c(-c4ccccc4)nc3c2)CC1. The second-order valence-corrected chi connectivity index (χ2v) is 7.69. The Kier molecular flexibility index (Phi) is 5.00. The molecule has 2 heterocycles. The Hall–Kier alpha value is -3.86. The molecular formula is C26H21N3O2. The van der Waals surface area contributed by atoms with Gasteiger partial charge in [-0.25, -0.2) is 9.97 Å². The maximum Gasteiger partial charge on any atom is 0.253 e. The van der Waals surface area contributed by atoms with E-state index in [4.69, 9.17) is 9.97 Å². The summed E-state index contributed by atoms with van der Waals surface area (Å²) in [6, 6.07) is 25.4. The van der Waals surface area contributed by atoms with Gasteiger partial charge < -0.3 is 4.90 Å². The zero-order valence-electron chi connectivity index (χ0n) is 17.0. The Labute approximate surface area is 180 Å². The van der Waals surface area contributed by atoms with Gasteiger partial charge in [-0.2, -0.15) is 0 Å². The van der Waals surface area contributed by atoms with Crippen LogP contribution in [0.15, 0.2) is 78.9 Å². The van der Waals surface area contributed by atoms with E-state index in [0.29, 0.717) is 37.0 Å². The Morgan fingerprint density at radius 2 is 1.26 bits per heavy atom.